The van der Waals surface area contributed by atoms with E-state index in [2.05, 4.69) is 0 Å². The van der Waals surface area contributed by atoms with Gasteiger partial charge in [-0.2, -0.15) is 30.7 Å². The molecule has 1 aromatic carbocycles. The van der Waals surface area contributed by atoms with E-state index in [1.807, 2.05) is 0 Å². The molecule has 0 saturated heterocycles. The van der Waals surface area contributed by atoms with Crippen LogP contribution in [0.25, 0.3) is 0 Å². The smallest absolute Gasteiger partial charge is 0.342 e. The zero-order valence-electron chi connectivity index (χ0n) is 16.2. The molecule has 1 amide bonds. The van der Waals surface area contributed by atoms with Crippen molar-refractivity contribution in [3.05, 3.63) is 28.3 Å². The highest BCUT2D eigenvalue weighted by Crippen LogP contribution is 2.51. The summed E-state index contributed by atoms with van der Waals surface area (Å²) in [6.07, 6.45) is -6.96. The fourth-order valence-electron chi connectivity index (χ4n) is 2.34. The summed E-state index contributed by atoms with van der Waals surface area (Å²) in [7, 11) is -9.30. The minimum absolute atomic E-state index is 0.0673. The zero-order chi connectivity index (χ0) is 25.3. The Balaban J connectivity index is 3.53. The Kier molecular flexibility index (Phi) is 8.05. The number of carbonyl (C=O) groups excluding carboxylic acids is 1. The van der Waals surface area contributed by atoms with E-state index >= 15 is 0 Å². The van der Waals surface area contributed by atoms with Gasteiger partial charge in [-0.15, -0.1) is 0 Å². The van der Waals surface area contributed by atoms with Crippen LogP contribution in [0.15, 0.2) is 28.0 Å². The molecule has 0 fully saturated rings. The molecule has 0 aliphatic rings. The van der Waals surface area contributed by atoms with E-state index in [0.29, 0.717) is 6.07 Å². The number of benzene rings is 1. The Bertz CT molecular complexity index is 1020. The molecule has 0 saturated carbocycles. The third-order valence-corrected chi connectivity index (χ3v) is 7.26. The minimum atomic E-state index is -7.02. The summed E-state index contributed by atoms with van der Waals surface area (Å²) in [5.41, 5.74) is -1.43. The summed E-state index contributed by atoms with van der Waals surface area (Å²) in [5.74, 6) is -8.57. The molecule has 32 heavy (non-hydrogen) atoms. The molecule has 0 radical (unpaired) electrons. The lowest BCUT2D eigenvalue weighted by molar-refractivity contribution is -0.388. The molecular weight excluding hydrogens is 501 g/mol. The highest BCUT2D eigenvalue weighted by molar-refractivity contribution is 7.92. The molecule has 1 rings (SSSR count). The Morgan fingerprint density at radius 3 is 2.00 bits per heavy atom. The van der Waals surface area contributed by atoms with Gasteiger partial charge in [0.05, 0.1) is 20.6 Å². The van der Waals surface area contributed by atoms with Crippen LogP contribution in [0.2, 0.25) is 0 Å². The predicted molar refractivity (Wildman–Crippen MR) is 95.4 cm³/mol. The number of carbonyl (C=O) groups is 1. The summed E-state index contributed by atoms with van der Waals surface area (Å²) in [4.78, 5) is 20.3. The van der Waals surface area contributed by atoms with Crippen molar-refractivity contribution in [2.45, 2.75) is 41.0 Å². The van der Waals surface area contributed by atoms with Gasteiger partial charge in [0.2, 0.25) is 5.91 Å². The van der Waals surface area contributed by atoms with Gasteiger partial charge in [-0.05, 0) is 26.0 Å². The maximum atomic E-state index is 13.8. The number of alkyl halides is 7. The number of halogens is 7. The second-order valence-electron chi connectivity index (χ2n) is 6.03. The minimum Gasteiger partial charge on any atom is -0.342 e. The number of rotatable bonds is 9. The lowest BCUT2D eigenvalue weighted by Crippen LogP contribution is -2.55. The summed E-state index contributed by atoms with van der Waals surface area (Å²) in [6, 6.07) is 0.182. The van der Waals surface area contributed by atoms with Gasteiger partial charge in [0, 0.05) is 19.2 Å². The van der Waals surface area contributed by atoms with Gasteiger partial charge in [0.15, 0.2) is 0 Å². The van der Waals surface area contributed by atoms with Crippen molar-refractivity contribution in [1.82, 2.24) is 4.90 Å². The maximum Gasteiger partial charge on any atom is 0.461 e. The monoisotopic (exact) mass is 516 g/mol. The van der Waals surface area contributed by atoms with Gasteiger partial charge in [0.1, 0.15) is 10.6 Å². The number of nitro groups is 1. The van der Waals surface area contributed by atoms with Gasteiger partial charge < -0.3 is 4.90 Å². The van der Waals surface area contributed by atoms with Crippen molar-refractivity contribution in [2.75, 3.05) is 18.8 Å². The molecule has 0 aliphatic carbocycles. The van der Waals surface area contributed by atoms with Crippen molar-refractivity contribution in [2.24, 2.45) is 0 Å². The number of hydrogen-bond donors (Lipinski definition) is 0. The van der Waals surface area contributed by atoms with E-state index in [1.165, 1.54) is 4.90 Å². The molecule has 0 aliphatic heterocycles. The summed E-state index contributed by atoms with van der Waals surface area (Å²) in [6.45, 7) is 3.52. The van der Waals surface area contributed by atoms with Crippen LogP contribution in [0.4, 0.5) is 36.4 Å². The summed E-state index contributed by atoms with van der Waals surface area (Å²) >= 11 is 0. The average molecular weight is 516 g/mol. The van der Waals surface area contributed by atoms with Crippen molar-refractivity contribution in [3.63, 3.8) is 0 Å². The van der Waals surface area contributed by atoms with Gasteiger partial charge in [0.25, 0.3) is 15.5 Å². The number of amides is 1. The van der Waals surface area contributed by atoms with E-state index in [4.69, 9.17) is 0 Å². The Morgan fingerprint density at radius 1 is 1.09 bits per heavy atom. The molecule has 1 aromatic rings. The molecule has 182 valence electrons. The molecule has 1 unspecified atom stereocenters. The number of hydrogen-bond acceptors (Lipinski definition) is 6. The van der Waals surface area contributed by atoms with Gasteiger partial charge in [-0.25, -0.2) is 8.42 Å². The van der Waals surface area contributed by atoms with E-state index in [0.717, 1.165) is 0 Å². The van der Waals surface area contributed by atoms with Crippen molar-refractivity contribution >= 4 is 32.2 Å². The fourth-order valence-corrected chi connectivity index (χ4v) is 4.75. The molecular formula is C15H15F7N2O6S2. The Hall–Kier alpha value is -2.30. The van der Waals surface area contributed by atoms with Crippen LogP contribution >= 0.6 is 0 Å². The number of nitrogens with zero attached hydrogens (tertiary/aromatic N) is 2. The Morgan fingerprint density at radius 2 is 1.59 bits per heavy atom. The second-order valence-corrected chi connectivity index (χ2v) is 9.45. The van der Waals surface area contributed by atoms with Crippen LogP contribution in [-0.4, -0.2) is 64.6 Å². The van der Waals surface area contributed by atoms with Crippen LogP contribution in [0.3, 0.4) is 0 Å². The van der Waals surface area contributed by atoms with Crippen LogP contribution in [0, 0.1) is 10.1 Å². The number of nitro benzene ring substituents is 1. The first kappa shape index (κ1) is 27.7. The average Bonchev–Trinajstić information content (AvgIpc) is 2.67. The topological polar surface area (TPSA) is 115 Å². The lowest BCUT2D eigenvalue weighted by Gasteiger charge is -2.27. The van der Waals surface area contributed by atoms with Crippen LogP contribution < -0.4 is 0 Å². The van der Waals surface area contributed by atoms with Gasteiger partial charge in [-0.1, -0.05) is 0 Å². The first-order valence-electron chi connectivity index (χ1n) is 8.38. The first-order valence-corrected chi connectivity index (χ1v) is 11.2. The highest BCUT2D eigenvalue weighted by atomic mass is 32.2. The normalized spacial score (nSPS) is 14.2. The third kappa shape index (κ3) is 4.87. The lowest BCUT2D eigenvalue weighted by atomic mass is 10.3. The summed E-state index contributed by atoms with van der Waals surface area (Å²) < 4.78 is 127. The molecule has 0 N–H and O–H groups in total. The molecule has 0 spiro atoms. The first-order chi connectivity index (χ1) is 14.4. The van der Waals surface area contributed by atoms with Gasteiger partial charge in [-0.3, -0.25) is 19.1 Å². The summed E-state index contributed by atoms with van der Waals surface area (Å²) in [5, 5.41) is 4.49. The molecule has 0 heterocycles. The quantitative estimate of drug-likeness (QED) is 0.283. The van der Waals surface area contributed by atoms with E-state index in [9.17, 15) is 58.3 Å². The standard InChI is InChI=1S/C15H15F7N2O6S2/c1-3-23(4-2)12(25)8-31(28)11-6-5-9(7-10(11)24(26)27)32(29,30)15(21,22)13(16,17)14(18,19)20/h5-7H,3-4,8H2,1-2H3. The third-order valence-electron chi connectivity index (χ3n) is 4.11. The molecule has 1 atom stereocenters. The second kappa shape index (κ2) is 9.29. The van der Waals surface area contributed by atoms with E-state index < -0.39 is 70.1 Å². The fraction of sp³-hybridized carbons (Fsp3) is 0.533. The van der Waals surface area contributed by atoms with Crippen LogP contribution in [0.1, 0.15) is 13.8 Å². The largest absolute Gasteiger partial charge is 0.461 e. The molecule has 0 bridgehead atoms. The molecule has 17 heteroatoms. The van der Waals surface area contributed by atoms with Crippen molar-refractivity contribution < 1.29 is 53.1 Å². The Labute approximate surface area is 178 Å². The maximum absolute atomic E-state index is 13.8. The molecule has 0 aromatic heterocycles. The SMILES string of the molecule is CCN(CC)C(=O)CS(=O)c1ccc(S(=O)(=O)C(F)(F)C(F)(F)C(F)(F)F)cc1[N+](=O)[O-]. The van der Waals surface area contributed by atoms with E-state index in [1.54, 1.807) is 13.8 Å². The van der Waals surface area contributed by atoms with Gasteiger partial charge >= 0.3 is 17.4 Å². The predicted octanol–water partition coefficient (Wildman–Crippen LogP) is 3.13. The van der Waals surface area contributed by atoms with Crippen molar-refractivity contribution in [1.29, 1.82) is 0 Å². The molecule has 8 nitrogen and oxygen atoms in total. The van der Waals surface area contributed by atoms with Crippen LogP contribution in [-0.2, 0) is 25.4 Å². The number of sulfone groups is 1. The highest BCUT2D eigenvalue weighted by Gasteiger charge is 2.78. The van der Waals surface area contributed by atoms with E-state index in [-0.39, 0.29) is 25.2 Å². The van der Waals surface area contributed by atoms with Crippen molar-refractivity contribution in [3.8, 4) is 0 Å². The van der Waals surface area contributed by atoms with Crippen LogP contribution in [0.5, 0.6) is 0 Å². The zero-order valence-corrected chi connectivity index (χ0v) is 17.8.